The minimum absolute atomic E-state index is 0.0228. The highest BCUT2D eigenvalue weighted by Crippen LogP contribution is 2.27. The lowest BCUT2D eigenvalue weighted by Gasteiger charge is -2.35. The molecule has 1 amide bonds. The largest absolute Gasteiger partial charge is 0.378 e. The van der Waals surface area contributed by atoms with Gasteiger partial charge in [-0.25, -0.2) is 9.37 Å². The molecule has 2 aromatic rings. The number of halogens is 2. The van der Waals surface area contributed by atoms with Gasteiger partial charge in [-0.2, -0.15) is 5.26 Å². The van der Waals surface area contributed by atoms with Gasteiger partial charge >= 0.3 is 0 Å². The van der Waals surface area contributed by atoms with E-state index >= 15 is 0 Å². The fourth-order valence-corrected chi connectivity index (χ4v) is 4.17. The van der Waals surface area contributed by atoms with E-state index in [0.717, 1.165) is 19.4 Å². The third kappa shape index (κ3) is 4.89. The molecule has 0 spiro atoms. The first-order valence-electron chi connectivity index (χ1n) is 10.3. The van der Waals surface area contributed by atoms with E-state index < -0.39 is 5.82 Å². The quantitative estimate of drug-likeness (QED) is 0.780. The summed E-state index contributed by atoms with van der Waals surface area (Å²) in [4.78, 5) is 20.7. The summed E-state index contributed by atoms with van der Waals surface area (Å²) < 4.78 is 19.7. The Labute approximate surface area is 185 Å². The summed E-state index contributed by atoms with van der Waals surface area (Å²) in [5, 5.41) is 12.6. The van der Waals surface area contributed by atoms with Crippen LogP contribution in [0.25, 0.3) is 0 Å². The highest BCUT2D eigenvalue weighted by molar-refractivity contribution is 6.33. The zero-order valence-corrected chi connectivity index (χ0v) is 17.7. The van der Waals surface area contributed by atoms with E-state index in [1.54, 1.807) is 23.1 Å². The van der Waals surface area contributed by atoms with Crippen molar-refractivity contribution in [2.45, 2.75) is 18.9 Å². The Morgan fingerprint density at radius 3 is 2.81 bits per heavy atom. The number of piperidine rings is 1. The molecule has 0 bridgehead atoms. The first-order valence-corrected chi connectivity index (χ1v) is 10.7. The minimum Gasteiger partial charge on any atom is -0.378 e. The van der Waals surface area contributed by atoms with E-state index in [1.807, 2.05) is 11.0 Å². The van der Waals surface area contributed by atoms with E-state index in [0.29, 0.717) is 60.5 Å². The molecule has 0 aliphatic carbocycles. The maximum Gasteiger partial charge on any atom is 0.255 e. The molecule has 162 valence electrons. The Kier molecular flexibility index (Phi) is 6.54. The van der Waals surface area contributed by atoms with Crippen molar-refractivity contribution in [3.63, 3.8) is 0 Å². The second kappa shape index (κ2) is 9.50. The molecular formula is C22H23ClFN5O2. The Bertz CT molecular complexity index is 1010. The van der Waals surface area contributed by atoms with Crippen molar-refractivity contribution < 1.29 is 13.9 Å². The lowest BCUT2D eigenvalue weighted by atomic mass is 10.0. The second-order valence-electron chi connectivity index (χ2n) is 7.67. The molecule has 9 heteroatoms. The van der Waals surface area contributed by atoms with Gasteiger partial charge in [-0.1, -0.05) is 11.6 Å². The van der Waals surface area contributed by atoms with Crippen LogP contribution in [0.3, 0.4) is 0 Å². The molecule has 0 radical (unpaired) electrons. The minimum atomic E-state index is -0.401. The summed E-state index contributed by atoms with van der Waals surface area (Å²) in [6.45, 7) is 3.49. The maximum absolute atomic E-state index is 14.4. The van der Waals surface area contributed by atoms with E-state index in [2.05, 4.69) is 10.3 Å². The Morgan fingerprint density at radius 1 is 1.29 bits per heavy atom. The number of anilines is 2. The molecule has 2 aliphatic rings. The van der Waals surface area contributed by atoms with Crippen molar-refractivity contribution in [1.29, 1.82) is 5.26 Å². The molecule has 1 atom stereocenters. The number of amides is 1. The van der Waals surface area contributed by atoms with Crippen molar-refractivity contribution in [3.05, 3.63) is 52.4 Å². The van der Waals surface area contributed by atoms with Crippen LogP contribution < -0.4 is 10.2 Å². The number of hydrogen-bond donors (Lipinski definition) is 1. The van der Waals surface area contributed by atoms with Gasteiger partial charge in [0, 0.05) is 38.4 Å². The van der Waals surface area contributed by atoms with Crippen LogP contribution in [-0.2, 0) is 4.74 Å². The molecule has 4 rings (SSSR count). The smallest absolute Gasteiger partial charge is 0.255 e. The number of ether oxygens (including phenoxy) is 1. The number of aromatic nitrogens is 1. The standard InChI is InChI=1S/C22H23ClFN5O2/c23-18-11-16(22(30)28-6-8-31-9-7-28)13-26-21(18)27-17-2-1-5-29(14-17)20-4-3-15(12-25)10-19(20)24/h3-4,10-11,13,17H,1-2,5-9,14H2,(H,26,27). The van der Waals surface area contributed by atoms with E-state index in [4.69, 9.17) is 21.6 Å². The summed E-state index contributed by atoms with van der Waals surface area (Å²) in [5.74, 6) is -0.00133. The van der Waals surface area contributed by atoms with Crippen molar-refractivity contribution in [1.82, 2.24) is 9.88 Å². The molecule has 3 heterocycles. The number of morpholine rings is 1. The fraction of sp³-hybridized carbons (Fsp3) is 0.409. The van der Waals surface area contributed by atoms with Crippen molar-refractivity contribution >= 4 is 29.0 Å². The lowest BCUT2D eigenvalue weighted by Crippen LogP contribution is -2.42. The van der Waals surface area contributed by atoms with Gasteiger partial charge in [-0.3, -0.25) is 4.79 Å². The molecule has 2 fully saturated rings. The monoisotopic (exact) mass is 443 g/mol. The van der Waals surface area contributed by atoms with Gasteiger partial charge in [0.25, 0.3) is 5.91 Å². The Morgan fingerprint density at radius 2 is 2.10 bits per heavy atom. The first-order chi connectivity index (χ1) is 15.0. The lowest BCUT2D eigenvalue weighted by molar-refractivity contribution is 0.0302. The Balaban J connectivity index is 1.43. The summed E-state index contributed by atoms with van der Waals surface area (Å²) in [6.07, 6.45) is 3.30. The topological polar surface area (TPSA) is 81.5 Å². The van der Waals surface area contributed by atoms with Gasteiger partial charge in [0.05, 0.1) is 41.1 Å². The number of carbonyl (C=O) groups excluding carboxylic acids is 1. The van der Waals surface area contributed by atoms with Crippen LogP contribution in [0.4, 0.5) is 15.9 Å². The first kappa shape index (κ1) is 21.3. The summed E-state index contributed by atoms with van der Waals surface area (Å²) in [5.41, 5.74) is 1.23. The van der Waals surface area contributed by atoms with Crippen LogP contribution in [0.15, 0.2) is 30.5 Å². The number of nitriles is 1. The van der Waals surface area contributed by atoms with Crippen LogP contribution in [0.2, 0.25) is 5.02 Å². The van der Waals surface area contributed by atoms with Gasteiger partial charge in [0.1, 0.15) is 11.6 Å². The van der Waals surface area contributed by atoms with Gasteiger partial charge in [0.2, 0.25) is 0 Å². The van der Waals surface area contributed by atoms with Crippen molar-refractivity contribution in [3.8, 4) is 6.07 Å². The number of carbonyl (C=O) groups is 1. The number of pyridine rings is 1. The molecule has 2 saturated heterocycles. The normalized spacial score (nSPS) is 19.1. The summed E-state index contributed by atoms with van der Waals surface area (Å²) in [6, 6.07) is 8.14. The van der Waals surface area contributed by atoms with E-state index in [-0.39, 0.29) is 11.9 Å². The molecule has 31 heavy (non-hydrogen) atoms. The molecule has 1 aromatic carbocycles. The molecule has 1 unspecified atom stereocenters. The highest BCUT2D eigenvalue weighted by Gasteiger charge is 2.24. The predicted molar refractivity (Wildman–Crippen MR) is 116 cm³/mol. The molecule has 2 aliphatic heterocycles. The van der Waals surface area contributed by atoms with E-state index in [9.17, 15) is 9.18 Å². The number of nitrogens with zero attached hydrogens (tertiary/aromatic N) is 4. The molecule has 1 N–H and O–H groups in total. The van der Waals surface area contributed by atoms with Gasteiger partial charge in [-0.15, -0.1) is 0 Å². The van der Waals surface area contributed by atoms with Crippen LogP contribution in [-0.4, -0.2) is 61.2 Å². The zero-order chi connectivity index (χ0) is 21.8. The number of benzene rings is 1. The number of hydrogen-bond acceptors (Lipinski definition) is 6. The summed E-state index contributed by atoms with van der Waals surface area (Å²) >= 11 is 6.42. The molecular weight excluding hydrogens is 421 g/mol. The third-order valence-corrected chi connectivity index (χ3v) is 5.85. The van der Waals surface area contributed by atoms with Crippen LogP contribution in [0, 0.1) is 17.1 Å². The van der Waals surface area contributed by atoms with Crippen LogP contribution in [0.5, 0.6) is 0 Å². The molecule has 7 nitrogen and oxygen atoms in total. The second-order valence-corrected chi connectivity index (χ2v) is 8.07. The maximum atomic E-state index is 14.4. The molecule has 0 saturated carbocycles. The van der Waals surface area contributed by atoms with E-state index in [1.165, 1.54) is 12.3 Å². The van der Waals surface area contributed by atoms with Gasteiger partial charge in [-0.05, 0) is 37.1 Å². The third-order valence-electron chi connectivity index (χ3n) is 5.57. The highest BCUT2D eigenvalue weighted by atomic mass is 35.5. The van der Waals surface area contributed by atoms with Crippen LogP contribution >= 0.6 is 11.6 Å². The van der Waals surface area contributed by atoms with Crippen LogP contribution in [0.1, 0.15) is 28.8 Å². The van der Waals surface area contributed by atoms with Gasteiger partial charge < -0.3 is 19.9 Å². The average molecular weight is 444 g/mol. The fourth-order valence-electron chi connectivity index (χ4n) is 3.95. The number of rotatable bonds is 4. The predicted octanol–water partition coefficient (Wildman–Crippen LogP) is 3.30. The molecule has 1 aromatic heterocycles. The van der Waals surface area contributed by atoms with Crippen molar-refractivity contribution in [2.75, 3.05) is 49.6 Å². The van der Waals surface area contributed by atoms with Gasteiger partial charge in [0.15, 0.2) is 0 Å². The SMILES string of the molecule is N#Cc1ccc(N2CCCC(Nc3ncc(C(=O)N4CCOCC4)cc3Cl)C2)c(F)c1. The summed E-state index contributed by atoms with van der Waals surface area (Å²) in [7, 11) is 0. The van der Waals surface area contributed by atoms with Crippen molar-refractivity contribution in [2.24, 2.45) is 0 Å². The average Bonchev–Trinajstić information content (AvgIpc) is 2.80. The Hall–Kier alpha value is -2.89. The number of nitrogens with one attached hydrogen (secondary N) is 1. The zero-order valence-electron chi connectivity index (χ0n) is 17.0.